The van der Waals surface area contributed by atoms with Crippen LogP contribution in [0.4, 0.5) is 4.39 Å². The second-order valence-electron chi connectivity index (χ2n) is 7.38. The van der Waals surface area contributed by atoms with Gasteiger partial charge in [-0.05, 0) is 37.5 Å². The minimum absolute atomic E-state index is 0.144. The smallest absolute Gasteiger partial charge is 0.254 e. The first kappa shape index (κ1) is 20.2. The maximum Gasteiger partial charge on any atom is 0.254 e. The van der Waals surface area contributed by atoms with Crippen LogP contribution in [-0.2, 0) is 9.47 Å². The lowest BCUT2D eigenvalue weighted by atomic mass is 10.1. The van der Waals surface area contributed by atoms with E-state index in [1.54, 1.807) is 24.0 Å². The zero-order valence-corrected chi connectivity index (χ0v) is 15.9. The summed E-state index contributed by atoms with van der Waals surface area (Å²) in [7, 11) is 0. The molecular formula is C20H29FN2O4. The van der Waals surface area contributed by atoms with Crippen molar-refractivity contribution in [2.24, 2.45) is 0 Å². The number of amides is 1. The number of piperazine rings is 1. The summed E-state index contributed by atoms with van der Waals surface area (Å²) in [4.78, 5) is 16.4. The van der Waals surface area contributed by atoms with E-state index in [0.29, 0.717) is 57.1 Å². The van der Waals surface area contributed by atoms with Gasteiger partial charge in [-0.25, -0.2) is 4.39 Å². The van der Waals surface area contributed by atoms with E-state index in [9.17, 15) is 14.3 Å². The SMILES string of the molecule is Cc1ccc(C(=O)N2CCN(CC(O)COCC3CCCO3)CC2)cc1F. The highest BCUT2D eigenvalue weighted by molar-refractivity contribution is 5.94. The third kappa shape index (κ3) is 5.72. The number of halogens is 1. The van der Waals surface area contributed by atoms with Crippen molar-refractivity contribution >= 4 is 5.91 Å². The van der Waals surface area contributed by atoms with Gasteiger partial charge in [-0.3, -0.25) is 9.69 Å². The van der Waals surface area contributed by atoms with Gasteiger partial charge in [-0.15, -0.1) is 0 Å². The van der Waals surface area contributed by atoms with Gasteiger partial charge in [-0.2, -0.15) is 0 Å². The molecule has 0 aliphatic carbocycles. The first-order valence-corrected chi connectivity index (χ1v) is 9.68. The van der Waals surface area contributed by atoms with E-state index in [2.05, 4.69) is 4.90 Å². The molecule has 1 N–H and O–H groups in total. The fourth-order valence-electron chi connectivity index (χ4n) is 3.50. The van der Waals surface area contributed by atoms with Crippen molar-refractivity contribution in [1.82, 2.24) is 9.80 Å². The van der Waals surface area contributed by atoms with Gasteiger partial charge in [0.2, 0.25) is 0 Å². The molecule has 3 rings (SSSR count). The molecule has 0 saturated carbocycles. The minimum Gasteiger partial charge on any atom is -0.389 e. The van der Waals surface area contributed by atoms with Crippen LogP contribution in [0.5, 0.6) is 0 Å². The Morgan fingerprint density at radius 1 is 1.37 bits per heavy atom. The van der Waals surface area contributed by atoms with E-state index in [1.807, 2.05) is 0 Å². The third-order valence-electron chi connectivity index (χ3n) is 5.19. The Morgan fingerprint density at radius 2 is 2.15 bits per heavy atom. The fourth-order valence-corrected chi connectivity index (χ4v) is 3.50. The van der Waals surface area contributed by atoms with Gasteiger partial charge in [0.05, 0.1) is 25.4 Å². The van der Waals surface area contributed by atoms with Crippen molar-refractivity contribution in [3.63, 3.8) is 0 Å². The molecule has 0 aromatic heterocycles. The second kappa shape index (κ2) is 9.59. The fraction of sp³-hybridized carbons (Fsp3) is 0.650. The highest BCUT2D eigenvalue weighted by atomic mass is 19.1. The van der Waals surface area contributed by atoms with Gasteiger partial charge in [0.25, 0.3) is 5.91 Å². The Labute approximate surface area is 159 Å². The molecular weight excluding hydrogens is 351 g/mol. The van der Waals surface area contributed by atoms with E-state index in [4.69, 9.17) is 9.47 Å². The number of carbonyl (C=O) groups is 1. The topological polar surface area (TPSA) is 62.2 Å². The Hall–Kier alpha value is -1.54. The molecule has 2 heterocycles. The summed E-state index contributed by atoms with van der Waals surface area (Å²) in [6.07, 6.45) is 1.71. The number of rotatable bonds is 7. The molecule has 150 valence electrons. The van der Waals surface area contributed by atoms with Gasteiger partial charge < -0.3 is 19.5 Å². The van der Waals surface area contributed by atoms with Crippen LogP contribution in [0.3, 0.4) is 0 Å². The highest BCUT2D eigenvalue weighted by Crippen LogP contribution is 2.14. The molecule has 2 fully saturated rings. The number of nitrogens with zero attached hydrogens (tertiary/aromatic N) is 2. The molecule has 7 heteroatoms. The average molecular weight is 380 g/mol. The summed E-state index contributed by atoms with van der Waals surface area (Å²) in [6.45, 7) is 6.33. The number of hydrogen-bond acceptors (Lipinski definition) is 5. The number of aryl methyl sites for hydroxylation is 1. The average Bonchev–Trinajstić information content (AvgIpc) is 3.17. The van der Waals surface area contributed by atoms with Gasteiger partial charge in [0.1, 0.15) is 5.82 Å². The van der Waals surface area contributed by atoms with E-state index >= 15 is 0 Å². The summed E-state index contributed by atoms with van der Waals surface area (Å²) >= 11 is 0. The number of β-amino-alcohol motifs (C(OH)–C–C–N with tert-alkyl or cyclic N) is 1. The van der Waals surface area contributed by atoms with Crippen LogP contribution in [-0.4, -0.2) is 85.6 Å². The summed E-state index contributed by atoms with van der Waals surface area (Å²) < 4.78 is 24.7. The maximum absolute atomic E-state index is 13.7. The Balaban J connectivity index is 1.37. The summed E-state index contributed by atoms with van der Waals surface area (Å²) in [6, 6.07) is 4.60. The van der Waals surface area contributed by atoms with E-state index in [1.165, 1.54) is 6.07 Å². The lowest BCUT2D eigenvalue weighted by Crippen LogP contribution is -2.50. The minimum atomic E-state index is -0.556. The molecule has 2 unspecified atom stereocenters. The number of aliphatic hydroxyl groups is 1. The first-order chi connectivity index (χ1) is 13.0. The lowest BCUT2D eigenvalue weighted by molar-refractivity contribution is -0.0280. The van der Waals surface area contributed by atoms with Crippen molar-refractivity contribution in [3.8, 4) is 0 Å². The van der Waals surface area contributed by atoms with Gasteiger partial charge in [-0.1, -0.05) is 6.07 Å². The molecule has 0 radical (unpaired) electrons. The quantitative estimate of drug-likeness (QED) is 0.776. The van der Waals surface area contributed by atoms with E-state index in [-0.39, 0.29) is 17.8 Å². The van der Waals surface area contributed by atoms with Crippen LogP contribution in [0.25, 0.3) is 0 Å². The van der Waals surface area contributed by atoms with Crippen molar-refractivity contribution < 1.29 is 23.8 Å². The number of benzene rings is 1. The van der Waals surface area contributed by atoms with Crippen molar-refractivity contribution in [1.29, 1.82) is 0 Å². The van der Waals surface area contributed by atoms with Gasteiger partial charge in [0.15, 0.2) is 0 Å². The molecule has 2 saturated heterocycles. The maximum atomic E-state index is 13.7. The summed E-state index contributed by atoms with van der Waals surface area (Å²) in [5.41, 5.74) is 0.918. The van der Waals surface area contributed by atoms with Crippen LogP contribution in [0, 0.1) is 12.7 Å². The third-order valence-corrected chi connectivity index (χ3v) is 5.19. The zero-order chi connectivity index (χ0) is 19.2. The standard InChI is InChI=1S/C20H29FN2O4/c1-15-4-5-16(11-19(15)21)20(25)23-8-6-22(7-9-23)12-17(24)13-26-14-18-3-2-10-27-18/h4-5,11,17-18,24H,2-3,6-10,12-14H2,1H3. The van der Waals surface area contributed by atoms with Crippen molar-refractivity contribution in [3.05, 3.63) is 35.1 Å². The van der Waals surface area contributed by atoms with Crippen molar-refractivity contribution in [2.45, 2.75) is 32.0 Å². The Morgan fingerprint density at radius 3 is 2.81 bits per heavy atom. The van der Waals surface area contributed by atoms with Crippen LogP contribution in [0.2, 0.25) is 0 Å². The van der Waals surface area contributed by atoms with Crippen LogP contribution in [0.1, 0.15) is 28.8 Å². The second-order valence-corrected chi connectivity index (χ2v) is 7.38. The molecule has 1 amide bonds. The van der Waals surface area contributed by atoms with Crippen LogP contribution in [0.15, 0.2) is 18.2 Å². The number of carbonyl (C=O) groups excluding carboxylic acids is 1. The number of hydrogen-bond donors (Lipinski definition) is 1. The summed E-state index contributed by atoms with van der Waals surface area (Å²) in [5, 5.41) is 10.2. The molecule has 27 heavy (non-hydrogen) atoms. The molecule has 2 aliphatic heterocycles. The molecule has 0 bridgehead atoms. The highest BCUT2D eigenvalue weighted by Gasteiger charge is 2.24. The van der Waals surface area contributed by atoms with Crippen LogP contribution >= 0.6 is 0 Å². The predicted octanol–water partition coefficient (Wildman–Crippen LogP) is 1.45. The first-order valence-electron chi connectivity index (χ1n) is 9.68. The molecule has 2 aliphatic rings. The van der Waals surface area contributed by atoms with E-state index < -0.39 is 6.10 Å². The monoisotopic (exact) mass is 380 g/mol. The largest absolute Gasteiger partial charge is 0.389 e. The normalized spacial score (nSPS) is 22.2. The molecule has 1 aromatic rings. The molecule has 1 aromatic carbocycles. The number of ether oxygens (including phenoxy) is 2. The molecule has 0 spiro atoms. The Bertz CT molecular complexity index is 628. The Kier molecular flexibility index (Phi) is 7.18. The lowest BCUT2D eigenvalue weighted by Gasteiger charge is -2.35. The molecule has 2 atom stereocenters. The number of aliphatic hydroxyl groups excluding tert-OH is 1. The van der Waals surface area contributed by atoms with Gasteiger partial charge >= 0.3 is 0 Å². The molecule has 6 nitrogen and oxygen atoms in total. The van der Waals surface area contributed by atoms with Gasteiger partial charge in [0, 0.05) is 44.9 Å². The predicted molar refractivity (Wildman–Crippen MR) is 99.3 cm³/mol. The van der Waals surface area contributed by atoms with Crippen molar-refractivity contribution in [2.75, 3.05) is 52.5 Å². The summed E-state index contributed by atoms with van der Waals surface area (Å²) in [5.74, 6) is -0.500. The zero-order valence-electron chi connectivity index (χ0n) is 15.9. The van der Waals surface area contributed by atoms with E-state index in [0.717, 1.165) is 19.4 Å². The van der Waals surface area contributed by atoms with Crippen LogP contribution < -0.4 is 0 Å².